The maximum atomic E-state index is 12.8. The fourth-order valence-corrected chi connectivity index (χ4v) is 4.95. The molecule has 1 saturated heterocycles. The number of imide groups is 1. The van der Waals surface area contributed by atoms with Gasteiger partial charge in [-0.15, -0.1) is 0 Å². The van der Waals surface area contributed by atoms with Crippen LogP contribution in [-0.2, 0) is 27.5 Å². The fourth-order valence-electron chi connectivity index (χ4n) is 4.95. The first-order chi connectivity index (χ1) is 14.6. The summed E-state index contributed by atoms with van der Waals surface area (Å²) in [6.45, 7) is 4.70. The van der Waals surface area contributed by atoms with Gasteiger partial charge in [-0.1, -0.05) is 36.4 Å². The van der Waals surface area contributed by atoms with Crippen LogP contribution < -0.4 is 10.6 Å². The third-order valence-electron chi connectivity index (χ3n) is 6.44. The van der Waals surface area contributed by atoms with E-state index < -0.39 is 0 Å². The van der Waals surface area contributed by atoms with Gasteiger partial charge < -0.3 is 15.4 Å². The molecule has 1 aromatic carbocycles. The van der Waals surface area contributed by atoms with E-state index in [-0.39, 0.29) is 35.5 Å². The molecule has 2 N–H and O–H groups in total. The molecule has 1 aromatic rings. The van der Waals surface area contributed by atoms with Gasteiger partial charge in [-0.05, 0) is 36.3 Å². The minimum Gasteiger partial charge on any atom is -0.377 e. The van der Waals surface area contributed by atoms with Crippen LogP contribution in [0.2, 0.25) is 0 Å². The Kier molecular flexibility index (Phi) is 6.18. The van der Waals surface area contributed by atoms with Crippen molar-refractivity contribution in [2.45, 2.75) is 26.5 Å². The van der Waals surface area contributed by atoms with Crippen LogP contribution in [0, 0.1) is 23.7 Å². The summed E-state index contributed by atoms with van der Waals surface area (Å²) in [5.74, 6) is 0.870. The smallest absolute Gasteiger partial charge is 0.233 e. The predicted molar refractivity (Wildman–Crippen MR) is 114 cm³/mol. The minimum absolute atomic E-state index is 0.00329. The molecule has 7 nitrogen and oxygen atoms in total. The Labute approximate surface area is 177 Å². The van der Waals surface area contributed by atoms with Crippen LogP contribution >= 0.6 is 0 Å². The summed E-state index contributed by atoms with van der Waals surface area (Å²) in [5.41, 5.74) is 2.29. The Morgan fingerprint density at radius 1 is 1.10 bits per heavy atom. The lowest BCUT2D eigenvalue weighted by atomic mass is 9.85. The van der Waals surface area contributed by atoms with Gasteiger partial charge in [0.15, 0.2) is 5.96 Å². The topological polar surface area (TPSA) is 83.0 Å². The van der Waals surface area contributed by atoms with Crippen LogP contribution in [0.25, 0.3) is 0 Å². The molecule has 0 radical (unpaired) electrons. The fraction of sp³-hybridized carbons (Fsp3) is 0.522. The molecule has 3 aliphatic rings. The van der Waals surface area contributed by atoms with E-state index in [1.807, 2.05) is 19.1 Å². The number of amides is 2. The first-order valence-corrected chi connectivity index (χ1v) is 10.8. The Hall–Kier alpha value is -2.67. The molecule has 2 amide bonds. The molecule has 160 valence electrons. The maximum Gasteiger partial charge on any atom is 0.233 e. The number of fused-ring (bicyclic) bond motifs is 5. The van der Waals surface area contributed by atoms with Gasteiger partial charge in [0, 0.05) is 33.3 Å². The molecule has 30 heavy (non-hydrogen) atoms. The highest BCUT2D eigenvalue weighted by Gasteiger charge is 2.58. The van der Waals surface area contributed by atoms with Crippen LogP contribution in [0.1, 0.15) is 24.5 Å². The largest absolute Gasteiger partial charge is 0.377 e. The van der Waals surface area contributed by atoms with Gasteiger partial charge in [0.25, 0.3) is 0 Å². The molecule has 0 spiro atoms. The molecular formula is C23H30N4O3. The number of carbonyl (C=O) groups excluding carboxylic acids is 2. The van der Waals surface area contributed by atoms with Gasteiger partial charge in [0.05, 0.1) is 18.4 Å². The van der Waals surface area contributed by atoms with Crippen molar-refractivity contribution in [1.29, 1.82) is 0 Å². The Morgan fingerprint density at radius 2 is 1.77 bits per heavy atom. The number of nitrogens with one attached hydrogen (secondary N) is 2. The number of likely N-dealkylation sites (tertiary alicyclic amines) is 1. The highest BCUT2D eigenvalue weighted by molar-refractivity contribution is 6.06. The van der Waals surface area contributed by atoms with Crippen molar-refractivity contribution in [3.63, 3.8) is 0 Å². The third kappa shape index (κ3) is 3.86. The van der Waals surface area contributed by atoms with Crippen LogP contribution in [0.3, 0.4) is 0 Å². The van der Waals surface area contributed by atoms with E-state index in [0.717, 1.165) is 17.5 Å². The van der Waals surface area contributed by atoms with Gasteiger partial charge in [-0.2, -0.15) is 0 Å². The second kappa shape index (κ2) is 9.00. The monoisotopic (exact) mass is 410 g/mol. The molecule has 0 aromatic heterocycles. The second-order valence-electron chi connectivity index (χ2n) is 8.09. The van der Waals surface area contributed by atoms with Crippen LogP contribution in [0.4, 0.5) is 0 Å². The summed E-state index contributed by atoms with van der Waals surface area (Å²) < 4.78 is 5.54. The van der Waals surface area contributed by atoms with E-state index in [9.17, 15) is 9.59 Å². The quantitative estimate of drug-likeness (QED) is 0.295. The van der Waals surface area contributed by atoms with Crippen molar-refractivity contribution in [2.24, 2.45) is 28.7 Å². The lowest BCUT2D eigenvalue weighted by Crippen LogP contribution is -2.43. The van der Waals surface area contributed by atoms with Crippen LogP contribution in [0.15, 0.2) is 41.4 Å². The zero-order valence-electron chi connectivity index (χ0n) is 17.6. The third-order valence-corrected chi connectivity index (χ3v) is 6.44. The van der Waals surface area contributed by atoms with Gasteiger partial charge in [0.1, 0.15) is 0 Å². The molecule has 4 atom stereocenters. The summed E-state index contributed by atoms with van der Waals surface area (Å²) in [7, 11) is 1.71. The first kappa shape index (κ1) is 20.6. The summed E-state index contributed by atoms with van der Waals surface area (Å²) in [6.07, 6.45) is 5.20. The summed E-state index contributed by atoms with van der Waals surface area (Å²) in [5, 5.41) is 6.52. The lowest BCUT2D eigenvalue weighted by Gasteiger charge is -2.19. The number of ether oxygens (including phenoxy) is 1. The van der Waals surface area contributed by atoms with E-state index >= 15 is 0 Å². The number of carbonyl (C=O) groups is 2. The normalized spacial score (nSPS) is 27.1. The molecule has 1 aliphatic heterocycles. The molecule has 1 heterocycles. The molecule has 7 heteroatoms. The van der Waals surface area contributed by atoms with Crippen molar-refractivity contribution in [3.05, 3.63) is 47.5 Å². The Balaban J connectivity index is 1.27. The van der Waals surface area contributed by atoms with Crippen molar-refractivity contribution < 1.29 is 14.3 Å². The number of guanidine groups is 1. The number of benzene rings is 1. The van der Waals surface area contributed by atoms with E-state index in [1.165, 1.54) is 4.90 Å². The molecule has 2 aliphatic carbocycles. The van der Waals surface area contributed by atoms with E-state index in [4.69, 9.17) is 4.74 Å². The lowest BCUT2D eigenvalue weighted by molar-refractivity contribution is -0.140. The van der Waals surface area contributed by atoms with Gasteiger partial charge >= 0.3 is 0 Å². The van der Waals surface area contributed by atoms with E-state index in [2.05, 4.69) is 39.9 Å². The Morgan fingerprint density at radius 3 is 2.40 bits per heavy atom. The van der Waals surface area contributed by atoms with Crippen LogP contribution in [-0.4, -0.2) is 49.4 Å². The number of hydrogen-bond acceptors (Lipinski definition) is 4. The SMILES string of the molecule is CCOCc1ccccc1CNC(=NC)NCCN1C(=O)C2C3C=CC(C3)C2C1=O. The molecule has 2 fully saturated rings. The minimum atomic E-state index is -0.133. The van der Waals surface area contributed by atoms with Gasteiger partial charge in [0.2, 0.25) is 11.8 Å². The molecule has 2 bridgehead atoms. The molecule has 1 saturated carbocycles. The number of nitrogens with zero attached hydrogens (tertiary/aromatic N) is 2. The first-order valence-electron chi connectivity index (χ1n) is 10.8. The zero-order chi connectivity index (χ0) is 21.1. The molecule has 4 rings (SSSR count). The molecular weight excluding hydrogens is 380 g/mol. The summed E-state index contributed by atoms with van der Waals surface area (Å²) >= 11 is 0. The van der Waals surface area contributed by atoms with E-state index in [1.54, 1.807) is 7.05 Å². The van der Waals surface area contributed by atoms with Crippen molar-refractivity contribution >= 4 is 17.8 Å². The standard InChI is InChI=1S/C23H30N4O3/c1-3-30-14-18-7-5-4-6-17(18)13-26-23(24-2)25-10-11-27-21(28)19-15-8-9-16(12-15)20(19)22(27)29/h4-9,15-16,19-20H,3,10-14H2,1-2H3,(H2,24,25,26). The maximum absolute atomic E-state index is 12.8. The van der Waals surface area contributed by atoms with E-state index in [0.29, 0.717) is 38.8 Å². The Bertz CT molecular complexity index is 836. The van der Waals surface area contributed by atoms with Crippen molar-refractivity contribution in [1.82, 2.24) is 15.5 Å². The number of rotatable bonds is 8. The highest BCUT2D eigenvalue weighted by Crippen LogP contribution is 2.52. The predicted octanol–water partition coefficient (Wildman–Crippen LogP) is 1.70. The number of allylic oxidation sites excluding steroid dienone is 2. The average molecular weight is 411 g/mol. The van der Waals surface area contributed by atoms with Crippen molar-refractivity contribution in [3.8, 4) is 0 Å². The van der Waals surface area contributed by atoms with Crippen LogP contribution in [0.5, 0.6) is 0 Å². The average Bonchev–Trinajstić information content (AvgIpc) is 3.44. The number of aliphatic imine (C=N–C) groups is 1. The number of hydrogen-bond donors (Lipinski definition) is 2. The highest BCUT2D eigenvalue weighted by atomic mass is 16.5. The van der Waals surface area contributed by atoms with Gasteiger partial charge in [-0.25, -0.2) is 0 Å². The van der Waals surface area contributed by atoms with Crippen molar-refractivity contribution in [2.75, 3.05) is 26.7 Å². The zero-order valence-corrected chi connectivity index (χ0v) is 17.6. The summed E-state index contributed by atoms with van der Waals surface area (Å²) in [4.78, 5) is 31.2. The summed E-state index contributed by atoms with van der Waals surface area (Å²) in [6, 6.07) is 8.14. The second-order valence-corrected chi connectivity index (χ2v) is 8.09. The molecule has 4 unspecified atom stereocenters. The van der Waals surface area contributed by atoms with Gasteiger partial charge in [-0.3, -0.25) is 19.5 Å².